The zero-order chi connectivity index (χ0) is 9.52. The Hall–Kier alpha value is 0.243. The van der Waals surface area contributed by atoms with Gasteiger partial charge in [0.1, 0.15) is 6.29 Å². The van der Waals surface area contributed by atoms with Crippen LogP contribution in [-0.4, -0.2) is 13.2 Å². The first-order valence-electron chi connectivity index (χ1n) is 3.93. The summed E-state index contributed by atoms with van der Waals surface area (Å²) < 4.78 is 10.6. The molecule has 2 nitrogen and oxygen atoms in total. The van der Waals surface area contributed by atoms with Crippen molar-refractivity contribution in [1.29, 1.82) is 0 Å². The average molecular weight is 294 g/mol. The largest absolute Gasteiger partial charge is 0.357 e. The Morgan fingerprint density at radius 3 is 2.62 bits per heavy atom. The fraction of sp³-hybridized carbons (Fsp3) is 0.333. The standard InChI is InChI=1S/C9H9O2.BrH.Zn/c1-2-4-8(5-3-1)9-10-6-7-11-9;;/h1-2,4-5,9H,6-7H2;1H;/q-1;;+2/p-1. The molecule has 66 valence electrons. The van der Waals surface area contributed by atoms with E-state index in [0.29, 0.717) is 13.2 Å². The van der Waals surface area contributed by atoms with Crippen LogP contribution in [0, 0.1) is 6.07 Å². The Morgan fingerprint density at radius 2 is 2.08 bits per heavy atom. The molecule has 1 aliphatic heterocycles. The van der Waals surface area contributed by atoms with E-state index in [0.717, 1.165) is 5.56 Å². The van der Waals surface area contributed by atoms with E-state index in [4.69, 9.17) is 9.47 Å². The van der Waals surface area contributed by atoms with E-state index < -0.39 is 0 Å². The van der Waals surface area contributed by atoms with Crippen molar-refractivity contribution in [3.8, 4) is 0 Å². The van der Waals surface area contributed by atoms with Crippen LogP contribution in [0.15, 0.2) is 24.3 Å². The molecule has 0 N–H and O–H groups in total. The van der Waals surface area contributed by atoms with Crippen molar-refractivity contribution >= 4 is 13.6 Å². The van der Waals surface area contributed by atoms with Gasteiger partial charge in [-0.05, 0) is 0 Å². The van der Waals surface area contributed by atoms with E-state index >= 15 is 0 Å². The van der Waals surface area contributed by atoms with E-state index in [-0.39, 0.29) is 6.29 Å². The third-order valence-corrected chi connectivity index (χ3v) is 1.63. The zero-order valence-electron chi connectivity index (χ0n) is 7.20. The van der Waals surface area contributed by atoms with E-state index in [1.807, 2.05) is 24.3 Å². The predicted octanol–water partition coefficient (Wildman–Crippen LogP) is 2.38. The summed E-state index contributed by atoms with van der Waals surface area (Å²) in [6, 6.07) is 10.6. The maximum atomic E-state index is 5.30. The third-order valence-electron chi connectivity index (χ3n) is 1.63. The van der Waals surface area contributed by atoms with Crippen molar-refractivity contribution in [2.24, 2.45) is 0 Å². The quantitative estimate of drug-likeness (QED) is 0.585. The van der Waals surface area contributed by atoms with Crippen molar-refractivity contribution < 1.29 is 25.8 Å². The van der Waals surface area contributed by atoms with Gasteiger partial charge in [0.15, 0.2) is 0 Å². The third kappa shape index (κ3) is 3.47. The predicted molar refractivity (Wildman–Crippen MR) is 48.9 cm³/mol. The molecule has 4 heteroatoms. The Balaban J connectivity index is 0.000000396. The number of rotatable bonds is 1. The second-order valence-corrected chi connectivity index (χ2v) is 2.41. The van der Waals surface area contributed by atoms with Crippen LogP contribution in [0.25, 0.3) is 0 Å². The van der Waals surface area contributed by atoms with Crippen molar-refractivity contribution in [2.45, 2.75) is 6.29 Å². The molecule has 0 amide bonds. The summed E-state index contributed by atoms with van der Waals surface area (Å²) in [6.45, 7) is 1.39. The molecule has 2 rings (SSSR count). The first-order valence-corrected chi connectivity index (χ1v) is 10.9. The van der Waals surface area contributed by atoms with E-state index in [1.54, 1.807) is 0 Å². The van der Waals surface area contributed by atoms with Crippen molar-refractivity contribution in [1.82, 2.24) is 0 Å². The normalized spacial score (nSPS) is 16.5. The van der Waals surface area contributed by atoms with E-state index in [9.17, 15) is 0 Å². The van der Waals surface area contributed by atoms with Gasteiger partial charge in [0.25, 0.3) is 0 Å². The van der Waals surface area contributed by atoms with Gasteiger partial charge in [-0.1, -0.05) is 0 Å². The van der Waals surface area contributed by atoms with Gasteiger partial charge < -0.3 is 9.47 Å². The molecule has 1 saturated heterocycles. The summed E-state index contributed by atoms with van der Waals surface area (Å²) in [5.74, 6) is 0. The molecule has 1 fully saturated rings. The molecule has 1 heterocycles. The van der Waals surface area contributed by atoms with Gasteiger partial charge in [-0.25, -0.2) is 0 Å². The molecule has 0 bridgehead atoms. The van der Waals surface area contributed by atoms with Crippen LogP contribution in [0.5, 0.6) is 0 Å². The van der Waals surface area contributed by atoms with Crippen molar-refractivity contribution in [3.05, 3.63) is 35.9 Å². The summed E-state index contributed by atoms with van der Waals surface area (Å²) in [5.41, 5.74) is 1.05. The minimum atomic E-state index is -0.160. The van der Waals surface area contributed by atoms with Crippen LogP contribution in [0.1, 0.15) is 11.9 Å². The molecule has 1 aliphatic rings. The Kier molecular flexibility index (Phi) is 5.80. The van der Waals surface area contributed by atoms with Crippen LogP contribution < -0.4 is 0 Å². The molecule has 0 spiro atoms. The average Bonchev–Trinajstić information content (AvgIpc) is 2.75. The maximum absolute atomic E-state index is 5.30. The minimum Gasteiger partial charge on any atom is -0.357 e. The van der Waals surface area contributed by atoms with Gasteiger partial charge in [0.05, 0.1) is 13.2 Å². The number of halogens is 1. The van der Waals surface area contributed by atoms with Crippen molar-refractivity contribution in [3.63, 3.8) is 0 Å². The second kappa shape index (κ2) is 6.66. The molecular weight excluding hydrogens is 285 g/mol. The van der Waals surface area contributed by atoms with Gasteiger partial charge in [-0.15, -0.1) is 5.56 Å². The molecule has 0 atom stereocenters. The molecule has 0 aromatic heterocycles. The first kappa shape index (κ1) is 11.3. The van der Waals surface area contributed by atoms with E-state index in [1.165, 1.54) is 16.3 Å². The summed E-state index contributed by atoms with van der Waals surface area (Å²) in [5, 5.41) is 0. The molecule has 0 radical (unpaired) electrons. The molecule has 0 unspecified atom stereocenters. The van der Waals surface area contributed by atoms with Gasteiger partial charge in [-0.2, -0.15) is 30.3 Å². The smallest absolute Gasteiger partial charge is 0.138 e. The van der Waals surface area contributed by atoms with Crippen LogP contribution in [-0.2, 0) is 25.8 Å². The van der Waals surface area contributed by atoms with Gasteiger partial charge >= 0.3 is 30.0 Å². The van der Waals surface area contributed by atoms with Gasteiger partial charge in [0.2, 0.25) is 0 Å². The van der Waals surface area contributed by atoms with Crippen LogP contribution in [0.2, 0.25) is 0 Å². The molecule has 0 saturated carbocycles. The summed E-state index contributed by atoms with van der Waals surface area (Å²) in [6.07, 6.45) is -0.160. The summed E-state index contributed by atoms with van der Waals surface area (Å²) >= 11 is 4.25. The minimum absolute atomic E-state index is 0.160. The molecular formula is C9H9BrO2Zn. The topological polar surface area (TPSA) is 18.5 Å². The van der Waals surface area contributed by atoms with Crippen molar-refractivity contribution in [2.75, 3.05) is 13.2 Å². The summed E-state index contributed by atoms with van der Waals surface area (Å²) in [4.78, 5) is 0. The maximum Gasteiger partial charge on any atom is 0.138 e. The molecule has 13 heavy (non-hydrogen) atoms. The Labute approximate surface area is 94.6 Å². The number of ether oxygens (including phenoxy) is 2. The van der Waals surface area contributed by atoms with Crippen LogP contribution >= 0.6 is 13.6 Å². The monoisotopic (exact) mass is 292 g/mol. The molecule has 0 aliphatic carbocycles. The van der Waals surface area contributed by atoms with Crippen LogP contribution in [0.4, 0.5) is 0 Å². The Bertz CT molecular complexity index is 224. The SMILES string of the molecule is [Zn+][Br].[c-]1cccc(C2OCCO2)c1. The fourth-order valence-corrected chi connectivity index (χ4v) is 1.10. The number of benzene rings is 1. The Morgan fingerprint density at radius 1 is 1.38 bits per heavy atom. The summed E-state index contributed by atoms with van der Waals surface area (Å²) in [7, 11) is 0. The molecule has 1 aromatic carbocycles. The van der Waals surface area contributed by atoms with Gasteiger partial charge in [0, 0.05) is 0 Å². The zero-order valence-corrected chi connectivity index (χ0v) is 11.8. The van der Waals surface area contributed by atoms with E-state index in [2.05, 4.69) is 19.7 Å². The molecule has 1 aromatic rings. The number of hydrogen-bond donors (Lipinski definition) is 0. The number of hydrogen-bond acceptors (Lipinski definition) is 2. The van der Waals surface area contributed by atoms with Crippen LogP contribution in [0.3, 0.4) is 0 Å². The second-order valence-electron chi connectivity index (χ2n) is 2.41. The fourth-order valence-electron chi connectivity index (χ4n) is 1.10. The van der Waals surface area contributed by atoms with Gasteiger partial charge in [-0.3, -0.25) is 0 Å². The first-order chi connectivity index (χ1) is 6.47.